The zero-order chi connectivity index (χ0) is 14.1. The fourth-order valence-corrected chi connectivity index (χ4v) is 2.03. The highest BCUT2D eigenvalue weighted by Crippen LogP contribution is 2.28. The third kappa shape index (κ3) is 2.20. The van der Waals surface area contributed by atoms with Crippen molar-refractivity contribution in [3.63, 3.8) is 0 Å². The van der Waals surface area contributed by atoms with Crippen molar-refractivity contribution >= 4 is 17.7 Å². The lowest BCUT2D eigenvalue weighted by Gasteiger charge is -2.09. The highest BCUT2D eigenvalue weighted by Gasteiger charge is 2.29. The monoisotopic (exact) mass is 273 g/mol. The van der Waals surface area contributed by atoms with Crippen LogP contribution in [-0.2, 0) is 11.2 Å². The molecular formula is C13H11N3O4. The van der Waals surface area contributed by atoms with Gasteiger partial charge in [-0.2, -0.15) is 5.10 Å². The molecule has 0 saturated carbocycles. The first-order chi connectivity index (χ1) is 9.63. The SMILES string of the molecule is O=C(O)c1cc(NC(=O)C2Cc3ccccc3O2)n[nH]1. The first-order valence-electron chi connectivity index (χ1n) is 5.97. The zero-order valence-electron chi connectivity index (χ0n) is 10.3. The Labute approximate surface area is 113 Å². The molecule has 1 atom stereocenters. The van der Waals surface area contributed by atoms with Gasteiger partial charge in [0.15, 0.2) is 11.9 Å². The molecule has 1 unspecified atom stereocenters. The van der Waals surface area contributed by atoms with Crippen molar-refractivity contribution in [2.75, 3.05) is 5.32 Å². The molecule has 7 heteroatoms. The Hall–Kier alpha value is -2.83. The maximum Gasteiger partial charge on any atom is 0.353 e. The van der Waals surface area contributed by atoms with Crippen molar-refractivity contribution in [3.05, 3.63) is 41.6 Å². The van der Waals surface area contributed by atoms with Crippen molar-refractivity contribution in [2.24, 2.45) is 0 Å². The van der Waals surface area contributed by atoms with E-state index in [1.54, 1.807) is 6.07 Å². The fourth-order valence-electron chi connectivity index (χ4n) is 2.03. The van der Waals surface area contributed by atoms with Crippen molar-refractivity contribution in [1.82, 2.24) is 10.2 Å². The Balaban J connectivity index is 1.67. The number of hydrogen-bond donors (Lipinski definition) is 3. The summed E-state index contributed by atoms with van der Waals surface area (Å²) in [5.74, 6) is -0.639. The van der Waals surface area contributed by atoms with E-state index in [2.05, 4.69) is 15.5 Å². The molecule has 1 aromatic heterocycles. The van der Waals surface area contributed by atoms with Crippen LogP contribution in [0.2, 0.25) is 0 Å². The lowest BCUT2D eigenvalue weighted by Crippen LogP contribution is -2.31. The number of rotatable bonds is 3. The Morgan fingerprint density at radius 1 is 1.40 bits per heavy atom. The number of aromatic carboxylic acids is 1. The molecule has 3 N–H and O–H groups in total. The summed E-state index contributed by atoms with van der Waals surface area (Å²) in [7, 11) is 0. The van der Waals surface area contributed by atoms with E-state index in [1.165, 1.54) is 6.07 Å². The summed E-state index contributed by atoms with van der Waals surface area (Å²) < 4.78 is 5.53. The molecule has 20 heavy (non-hydrogen) atoms. The summed E-state index contributed by atoms with van der Waals surface area (Å²) in [4.78, 5) is 22.7. The Bertz CT molecular complexity index is 655. The topological polar surface area (TPSA) is 104 Å². The van der Waals surface area contributed by atoms with Gasteiger partial charge in [-0.15, -0.1) is 0 Å². The standard InChI is InChI=1S/C13H11N3O4/c17-12(14-11-6-8(13(18)19)15-16-11)10-5-7-3-1-2-4-9(7)20-10/h1-4,6,10H,5H2,(H,18,19)(H2,14,15,16,17). The maximum absolute atomic E-state index is 12.0. The number of nitrogens with one attached hydrogen (secondary N) is 2. The highest BCUT2D eigenvalue weighted by molar-refractivity contribution is 5.95. The molecule has 0 radical (unpaired) electrons. The predicted octanol–water partition coefficient (Wildman–Crippen LogP) is 1.05. The predicted molar refractivity (Wildman–Crippen MR) is 68.7 cm³/mol. The smallest absolute Gasteiger partial charge is 0.353 e. The number of nitrogens with zero attached hydrogens (tertiary/aromatic N) is 1. The van der Waals surface area contributed by atoms with E-state index >= 15 is 0 Å². The average molecular weight is 273 g/mol. The Morgan fingerprint density at radius 2 is 2.20 bits per heavy atom. The molecule has 0 saturated heterocycles. The van der Waals surface area contributed by atoms with Crippen LogP contribution >= 0.6 is 0 Å². The van der Waals surface area contributed by atoms with Gasteiger partial charge in [-0.05, 0) is 11.6 Å². The normalized spacial score (nSPS) is 16.3. The van der Waals surface area contributed by atoms with E-state index in [9.17, 15) is 9.59 Å². The highest BCUT2D eigenvalue weighted by atomic mass is 16.5. The summed E-state index contributed by atoms with van der Waals surface area (Å²) in [6.07, 6.45) is -0.143. The number of carboxylic acids is 1. The summed E-state index contributed by atoms with van der Waals surface area (Å²) >= 11 is 0. The van der Waals surface area contributed by atoms with Crippen molar-refractivity contribution < 1.29 is 19.4 Å². The molecule has 0 fully saturated rings. The van der Waals surface area contributed by atoms with Gasteiger partial charge in [0.1, 0.15) is 11.4 Å². The second kappa shape index (κ2) is 4.69. The van der Waals surface area contributed by atoms with Crippen LogP contribution < -0.4 is 10.1 Å². The molecule has 1 aromatic carbocycles. The van der Waals surface area contributed by atoms with E-state index in [0.717, 1.165) is 5.56 Å². The van der Waals surface area contributed by atoms with Gasteiger partial charge < -0.3 is 15.2 Å². The molecule has 0 aliphatic carbocycles. The molecule has 2 aromatic rings. The molecule has 1 amide bonds. The van der Waals surface area contributed by atoms with Crippen molar-refractivity contribution in [3.8, 4) is 5.75 Å². The van der Waals surface area contributed by atoms with Crippen LogP contribution in [0, 0.1) is 0 Å². The Morgan fingerprint density at radius 3 is 2.90 bits per heavy atom. The van der Waals surface area contributed by atoms with Gasteiger partial charge in [0, 0.05) is 12.5 Å². The zero-order valence-corrected chi connectivity index (χ0v) is 10.3. The molecular weight excluding hydrogens is 262 g/mol. The fraction of sp³-hybridized carbons (Fsp3) is 0.154. The molecule has 2 heterocycles. The van der Waals surface area contributed by atoms with Gasteiger partial charge in [-0.3, -0.25) is 9.89 Å². The second-order valence-corrected chi connectivity index (χ2v) is 4.38. The van der Waals surface area contributed by atoms with E-state index in [0.29, 0.717) is 12.2 Å². The lowest BCUT2D eigenvalue weighted by molar-refractivity contribution is -0.122. The first-order valence-corrected chi connectivity index (χ1v) is 5.97. The van der Waals surface area contributed by atoms with Crippen LogP contribution in [0.1, 0.15) is 16.1 Å². The number of carboxylic acid groups (broad SMARTS) is 1. The number of H-pyrrole nitrogens is 1. The number of aromatic nitrogens is 2. The molecule has 1 aliphatic heterocycles. The van der Waals surface area contributed by atoms with Crippen LogP contribution in [0.25, 0.3) is 0 Å². The van der Waals surface area contributed by atoms with Gasteiger partial charge in [-0.1, -0.05) is 18.2 Å². The molecule has 102 valence electrons. The quantitative estimate of drug-likeness (QED) is 0.775. The third-order valence-corrected chi connectivity index (χ3v) is 3.00. The third-order valence-electron chi connectivity index (χ3n) is 3.00. The lowest BCUT2D eigenvalue weighted by atomic mass is 10.1. The van der Waals surface area contributed by atoms with E-state index in [-0.39, 0.29) is 17.4 Å². The molecule has 1 aliphatic rings. The van der Waals surface area contributed by atoms with Crippen LogP contribution in [0.5, 0.6) is 5.75 Å². The molecule has 0 bridgehead atoms. The van der Waals surface area contributed by atoms with Gasteiger partial charge in [-0.25, -0.2) is 4.79 Å². The molecule has 0 spiro atoms. The number of fused-ring (bicyclic) bond motifs is 1. The number of amides is 1. The minimum absolute atomic E-state index is 0.0871. The minimum atomic E-state index is -1.14. The number of ether oxygens (including phenoxy) is 1. The summed E-state index contributed by atoms with van der Waals surface area (Å²) in [6, 6.07) is 8.68. The molecule has 3 rings (SSSR count). The average Bonchev–Trinajstić information content (AvgIpc) is 3.04. The van der Waals surface area contributed by atoms with Gasteiger partial charge >= 0.3 is 5.97 Å². The Kier molecular flexibility index (Phi) is 2.86. The van der Waals surface area contributed by atoms with Gasteiger partial charge in [0.25, 0.3) is 5.91 Å². The van der Waals surface area contributed by atoms with Crippen LogP contribution in [-0.4, -0.2) is 33.3 Å². The van der Waals surface area contributed by atoms with E-state index < -0.39 is 12.1 Å². The summed E-state index contributed by atoms with van der Waals surface area (Å²) in [5.41, 5.74) is 0.886. The number of carbonyl (C=O) groups is 2. The van der Waals surface area contributed by atoms with E-state index in [1.807, 2.05) is 18.2 Å². The number of anilines is 1. The number of aromatic amines is 1. The van der Waals surface area contributed by atoms with E-state index in [4.69, 9.17) is 9.84 Å². The number of hydrogen-bond acceptors (Lipinski definition) is 4. The number of para-hydroxylation sites is 1. The number of carbonyl (C=O) groups excluding carboxylic acids is 1. The minimum Gasteiger partial charge on any atom is -0.480 e. The molecule has 7 nitrogen and oxygen atoms in total. The maximum atomic E-state index is 12.0. The van der Waals surface area contributed by atoms with Crippen molar-refractivity contribution in [2.45, 2.75) is 12.5 Å². The second-order valence-electron chi connectivity index (χ2n) is 4.38. The van der Waals surface area contributed by atoms with Crippen LogP contribution in [0.3, 0.4) is 0 Å². The first kappa shape index (κ1) is 12.2. The van der Waals surface area contributed by atoms with Crippen molar-refractivity contribution in [1.29, 1.82) is 0 Å². The van der Waals surface area contributed by atoms with Crippen LogP contribution in [0.4, 0.5) is 5.82 Å². The largest absolute Gasteiger partial charge is 0.480 e. The summed E-state index contributed by atoms with van der Waals surface area (Å²) in [6.45, 7) is 0. The summed E-state index contributed by atoms with van der Waals surface area (Å²) in [5, 5.41) is 17.3. The van der Waals surface area contributed by atoms with Gasteiger partial charge in [0.2, 0.25) is 0 Å². The van der Waals surface area contributed by atoms with Crippen LogP contribution in [0.15, 0.2) is 30.3 Å². The van der Waals surface area contributed by atoms with Gasteiger partial charge in [0.05, 0.1) is 0 Å². The number of benzene rings is 1.